The lowest BCUT2D eigenvalue weighted by Gasteiger charge is -2.24. The second-order valence-corrected chi connectivity index (χ2v) is 8.29. The minimum absolute atomic E-state index is 0.0347. The molecule has 0 fully saturated rings. The van der Waals surface area contributed by atoms with E-state index in [1.807, 2.05) is 11.4 Å². The van der Waals surface area contributed by atoms with Crippen LogP contribution in [-0.2, 0) is 36.8 Å². The summed E-state index contributed by atoms with van der Waals surface area (Å²) in [6.45, 7) is -0.906. The Balaban J connectivity index is 2.13. The highest BCUT2D eigenvalue weighted by molar-refractivity contribution is 5.94. The molecule has 0 heterocycles. The summed E-state index contributed by atoms with van der Waals surface area (Å²) in [5.74, 6) is -5.61. The molecule has 8 N–H and O–H groups in total. The first-order chi connectivity index (χ1) is 17.6. The third-order valence-corrected chi connectivity index (χ3v) is 5.36. The fourth-order valence-electron chi connectivity index (χ4n) is 3.41. The molecule has 3 amide bonds. The third-order valence-electron chi connectivity index (χ3n) is 5.36. The zero-order chi connectivity index (χ0) is 27.4. The number of carbonyl (C=O) groups excluding carboxylic acids is 3. The largest absolute Gasteiger partial charge is 0.481 e. The second-order valence-electron chi connectivity index (χ2n) is 8.29. The van der Waals surface area contributed by atoms with Crippen molar-refractivity contribution in [2.24, 2.45) is 5.73 Å². The van der Waals surface area contributed by atoms with Crippen molar-refractivity contribution in [2.75, 3.05) is 6.61 Å². The Bertz CT molecular complexity index is 1080. The van der Waals surface area contributed by atoms with Crippen molar-refractivity contribution < 1.29 is 39.3 Å². The van der Waals surface area contributed by atoms with Crippen molar-refractivity contribution >= 4 is 29.7 Å². The standard InChI is InChI=1S/C25H30N4O8/c26-17(11-15-7-3-1-4-8-15)22(33)27-18(12-16-9-5-2-6-10-16)23(34)29-20(14-30)24(35)28-19(25(36)37)13-21(31)32/h1-10,17-20,30H,11-14,26H2,(H,27,33)(H,28,35)(H,29,34)(H,31,32)(H,36,37). The normalized spacial score (nSPS) is 13.9. The fraction of sp³-hybridized carbons (Fsp3) is 0.320. The zero-order valence-corrected chi connectivity index (χ0v) is 19.9. The van der Waals surface area contributed by atoms with Crippen LogP contribution >= 0.6 is 0 Å². The van der Waals surface area contributed by atoms with E-state index in [0.29, 0.717) is 5.56 Å². The molecule has 0 aliphatic rings. The van der Waals surface area contributed by atoms with Gasteiger partial charge < -0.3 is 37.0 Å². The van der Waals surface area contributed by atoms with Crippen LogP contribution in [0.15, 0.2) is 60.7 Å². The number of carboxylic acids is 2. The van der Waals surface area contributed by atoms with E-state index in [2.05, 4.69) is 10.6 Å². The summed E-state index contributed by atoms with van der Waals surface area (Å²) in [7, 11) is 0. The lowest BCUT2D eigenvalue weighted by Crippen LogP contribution is -2.58. The third kappa shape index (κ3) is 9.70. The van der Waals surface area contributed by atoms with Crippen LogP contribution in [0.3, 0.4) is 0 Å². The predicted molar refractivity (Wildman–Crippen MR) is 131 cm³/mol. The summed E-state index contributed by atoms with van der Waals surface area (Å²) in [5.41, 5.74) is 7.55. The van der Waals surface area contributed by atoms with Crippen molar-refractivity contribution in [1.82, 2.24) is 16.0 Å². The van der Waals surface area contributed by atoms with E-state index < -0.39 is 66.9 Å². The van der Waals surface area contributed by atoms with Gasteiger partial charge in [0.1, 0.15) is 18.1 Å². The number of rotatable bonds is 14. The van der Waals surface area contributed by atoms with Gasteiger partial charge in [0.25, 0.3) is 0 Å². The van der Waals surface area contributed by atoms with Gasteiger partial charge in [0.05, 0.1) is 19.1 Å². The van der Waals surface area contributed by atoms with E-state index in [1.165, 1.54) is 0 Å². The van der Waals surface area contributed by atoms with Crippen LogP contribution in [0.5, 0.6) is 0 Å². The molecule has 0 aromatic heterocycles. The summed E-state index contributed by atoms with van der Waals surface area (Å²) >= 11 is 0. The van der Waals surface area contributed by atoms with E-state index >= 15 is 0 Å². The molecule has 0 spiro atoms. The van der Waals surface area contributed by atoms with E-state index in [-0.39, 0.29) is 12.8 Å². The molecule has 4 unspecified atom stereocenters. The molecule has 2 rings (SSSR count). The first kappa shape index (κ1) is 28.9. The molecule has 198 valence electrons. The molecule has 12 nitrogen and oxygen atoms in total. The second kappa shape index (κ2) is 14.3. The van der Waals surface area contributed by atoms with Crippen LogP contribution in [-0.4, -0.2) is 75.8 Å². The molecule has 0 bridgehead atoms. The first-order valence-electron chi connectivity index (χ1n) is 11.4. The van der Waals surface area contributed by atoms with Crippen LogP contribution in [0.25, 0.3) is 0 Å². The minimum Gasteiger partial charge on any atom is -0.481 e. The van der Waals surface area contributed by atoms with Crippen molar-refractivity contribution in [3.05, 3.63) is 71.8 Å². The molecular formula is C25H30N4O8. The Hall–Kier alpha value is -4.29. The van der Waals surface area contributed by atoms with Crippen molar-refractivity contribution in [3.8, 4) is 0 Å². The highest BCUT2D eigenvalue weighted by Gasteiger charge is 2.31. The fourth-order valence-corrected chi connectivity index (χ4v) is 3.41. The molecule has 4 atom stereocenters. The molecule has 0 aliphatic heterocycles. The zero-order valence-electron chi connectivity index (χ0n) is 19.9. The Kier molecular flexibility index (Phi) is 11.2. The average Bonchev–Trinajstić information content (AvgIpc) is 2.87. The molecule has 2 aromatic carbocycles. The monoisotopic (exact) mass is 514 g/mol. The summed E-state index contributed by atoms with van der Waals surface area (Å²) in [6.07, 6.45) is -0.652. The van der Waals surface area contributed by atoms with Crippen molar-refractivity contribution in [2.45, 2.75) is 43.4 Å². The molecule has 0 radical (unpaired) electrons. The molecular weight excluding hydrogens is 484 g/mol. The number of nitrogens with one attached hydrogen (secondary N) is 3. The Morgan fingerprint density at radius 1 is 0.676 bits per heavy atom. The van der Waals surface area contributed by atoms with Crippen LogP contribution in [0.4, 0.5) is 0 Å². The van der Waals surface area contributed by atoms with E-state index in [4.69, 9.17) is 15.9 Å². The van der Waals surface area contributed by atoms with Gasteiger partial charge >= 0.3 is 11.9 Å². The van der Waals surface area contributed by atoms with Crippen molar-refractivity contribution in [3.63, 3.8) is 0 Å². The van der Waals surface area contributed by atoms with E-state index in [9.17, 15) is 29.1 Å². The quantitative estimate of drug-likeness (QED) is 0.161. The van der Waals surface area contributed by atoms with E-state index in [0.717, 1.165) is 5.56 Å². The number of hydrogen-bond donors (Lipinski definition) is 7. The number of nitrogens with two attached hydrogens (primary N) is 1. The SMILES string of the molecule is NC(Cc1ccccc1)C(=O)NC(Cc1ccccc1)C(=O)NC(CO)C(=O)NC(CC(=O)O)C(=O)O. The van der Waals surface area contributed by atoms with Gasteiger partial charge in [-0.05, 0) is 17.5 Å². The van der Waals surface area contributed by atoms with Gasteiger partial charge in [0.2, 0.25) is 17.7 Å². The summed E-state index contributed by atoms with van der Waals surface area (Å²) in [6, 6.07) is 12.2. The molecule has 0 saturated heterocycles. The van der Waals surface area contributed by atoms with Gasteiger partial charge in [0, 0.05) is 6.42 Å². The van der Waals surface area contributed by atoms with Crippen LogP contribution in [0, 0.1) is 0 Å². The van der Waals surface area contributed by atoms with Crippen molar-refractivity contribution in [1.29, 1.82) is 0 Å². The Labute approximate surface area is 212 Å². The summed E-state index contributed by atoms with van der Waals surface area (Å²) in [5, 5.41) is 34.4. The molecule has 0 aliphatic carbocycles. The Morgan fingerprint density at radius 3 is 1.62 bits per heavy atom. The van der Waals surface area contributed by atoms with Crippen LogP contribution < -0.4 is 21.7 Å². The molecule has 12 heteroatoms. The molecule has 37 heavy (non-hydrogen) atoms. The van der Waals surface area contributed by atoms with Gasteiger partial charge in [-0.3, -0.25) is 19.2 Å². The van der Waals surface area contributed by atoms with Crippen LogP contribution in [0.1, 0.15) is 17.5 Å². The maximum Gasteiger partial charge on any atom is 0.326 e. The average molecular weight is 515 g/mol. The van der Waals surface area contributed by atoms with Gasteiger partial charge in [-0.1, -0.05) is 60.7 Å². The highest BCUT2D eigenvalue weighted by Crippen LogP contribution is 2.07. The predicted octanol–water partition coefficient (Wildman–Crippen LogP) is -1.19. The first-order valence-corrected chi connectivity index (χ1v) is 11.4. The minimum atomic E-state index is -1.77. The summed E-state index contributed by atoms with van der Waals surface area (Å²) < 4.78 is 0. The number of aliphatic hydroxyl groups excluding tert-OH is 1. The number of aliphatic carboxylic acids is 2. The Morgan fingerprint density at radius 2 is 1.14 bits per heavy atom. The highest BCUT2D eigenvalue weighted by atomic mass is 16.4. The maximum absolute atomic E-state index is 13.1. The van der Waals surface area contributed by atoms with Gasteiger partial charge in [0.15, 0.2) is 0 Å². The van der Waals surface area contributed by atoms with Gasteiger partial charge in [-0.2, -0.15) is 0 Å². The number of carbonyl (C=O) groups is 5. The number of aliphatic hydroxyl groups is 1. The van der Waals surface area contributed by atoms with E-state index in [1.54, 1.807) is 54.6 Å². The lowest BCUT2D eigenvalue weighted by atomic mass is 10.0. The number of carboxylic acid groups (broad SMARTS) is 2. The topological polar surface area (TPSA) is 208 Å². The van der Waals surface area contributed by atoms with Crippen LogP contribution in [0.2, 0.25) is 0 Å². The summed E-state index contributed by atoms with van der Waals surface area (Å²) in [4.78, 5) is 60.4. The molecule has 0 saturated carbocycles. The maximum atomic E-state index is 13.1. The number of amides is 3. The molecule has 2 aromatic rings. The van der Waals surface area contributed by atoms with Gasteiger partial charge in [-0.15, -0.1) is 0 Å². The number of benzene rings is 2. The number of hydrogen-bond acceptors (Lipinski definition) is 7. The lowest BCUT2D eigenvalue weighted by molar-refractivity contribution is -0.147. The smallest absolute Gasteiger partial charge is 0.326 e. The van der Waals surface area contributed by atoms with Gasteiger partial charge in [-0.25, -0.2) is 4.79 Å².